The summed E-state index contributed by atoms with van der Waals surface area (Å²) in [6.07, 6.45) is 6.25. The van der Waals surface area contributed by atoms with Crippen LogP contribution in [-0.4, -0.2) is 12.4 Å². The third kappa shape index (κ3) is 3.60. The van der Waals surface area contributed by atoms with Gasteiger partial charge in [-0.2, -0.15) is 0 Å². The van der Waals surface area contributed by atoms with Gasteiger partial charge in [-0.15, -0.1) is 0 Å². The molecule has 0 aromatic heterocycles. The SMILES string of the molecule is O=C(COc1ccc(Cl)cc1)C1=CCCCC1. The zero-order valence-electron chi connectivity index (χ0n) is 9.62. The van der Waals surface area contributed by atoms with E-state index in [1.165, 1.54) is 6.42 Å². The van der Waals surface area contributed by atoms with Crippen LogP contribution in [0.15, 0.2) is 35.9 Å². The number of Topliss-reactive ketones (excluding diaryl/α,β-unsaturated/α-hetero) is 1. The minimum atomic E-state index is 0.0969. The number of hydrogen-bond acceptors (Lipinski definition) is 2. The van der Waals surface area contributed by atoms with Gasteiger partial charge in [0.1, 0.15) is 5.75 Å². The Hall–Kier alpha value is -1.28. The van der Waals surface area contributed by atoms with Gasteiger partial charge in [0, 0.05) is 5.02 Å². The first-order valence-corrected chi connectivity index (χ1v) is 6.24. The van der Waals surface area contributed by atoms with Crippen molar-refractivity contribution in [2.45, 2.75) is 25.7 Å². The Balaban J connectivity index is 1.87. The van der Waals surface area contributed by atoms with Crippen LogP contribution in [0, 0.1) is 0 Å². The quantitative estimate of drug-likeness (QED) is 0.813. The molecule has 90 valence electrons. The van der Waals surface area contributed by atoms with Crippen LogP contribution in [0.1, 0.15) is 25.7 Å². The zero-order chi connectivity index (χ0) is 12.1. The van der Waals surface area contributed by atoms with Gasteiger partial charge < -0.3 is 4.74 Å². The van der Waals surface area contributed by atoms with Crippen molar-refractivity contribution in [3.63, 3.8) is 0 Å². The molecule has 1 aromatic carbocycles. The third-order valence-corrected chi connectivity index (χ3v) is 3.08. The summed E-state index contributed by atoms with van der Waals surface area (Å²) in [5, 5.41) is 0.665. The fraction of sp³-hybridized carbons (Fsp3) is 0.357. The summed E-state index contributed by atoms with van der Waals surface area (Å²) in [6, 6.07) is 7.04. The topological polar surface area (TPSA) is 26.3 Å². The van der Waals surface area contributed by atoms with Crippen LogP contribution in [0.3, 0.4) is 0 Å². The molecule has 17 heavy (non-hydrogen) atoms. The number of ether oxygens (including phenoxy) is 1. The molecule has 0 unspecified atom stereocenters. The largest absolute Gasteiger partial charge is 0.485 e. The Morgan fingerprint density at radius 2 is 2.00 bits per heavy atom. The highest BCUT2D eigenvalue weighted by Gasteiger charge is 2.12. The van der Waals surface area contributed by atoms with Crippen molar-refractivity contribution in [2.24, 2.45) is 0 Å². The summed E-state index contributed by atoms with van der Waals surface area (Å²) in [5.74, 6) is 0.777. The number of carbonyl (C=O) groups excluding carboxylic acids is 1. The fourth-order valence-corrected chi connectivity index (χ4v) is 1.99. The second-order valence-electron chi connectivity index (χ2n) is 4.14. The molecule has 0 aliphatic heterocycles. The first-order chi connectivity index (χ1) is 8.25. The number of hydrogen-bond donors (Lipinski definition) is 0. The highest BCUT2D eigenvalue weighted by atomic mass is 35.5. The Morgan fingerprint density at radius 3 is 2.65 bits per heavy atom. The number of halogens is 1. The second kappa shape index (κ2) is 5.87. The van der Waals surface area contributed by atoms with Gasteiger partial charge in [-0.1, -0.05) is 17.7 Å². The van der Waals surface area contributed by atoms with Crippen LogP contribution >= 0.6 is 11.6 Å². The maximum absolute atomic E-state index is 11.8. The van der Waals surface area contributed by atoms with Crippen LogP contribution in [0.4, 0.5) is 0 Å². The molecule has 2 nitrogen and oxygen atoms in total. The van der Waals surface area contributed by atoms with Gasteiger partial charge in [0.2, 0.25) is 0 Å². The summed E-state index contributed by atoms with van der Waals surface area (Å²) < 4.78 is 5.43. The molecule has 0 saturated carbocycles. The van der Waals surface area contributed by atoms with Crippen molar-refractivity contribution < 1.29 is 9.53 Å². The fourth-order valence-electron chi connectivity index (χ4n) is 1.86. The predicted octanol–water partition coefficient (Wildman–Crippen LogP) is 3.79. The van der Waals surface area contributed by atoms with Gasteiger partial charge in [-0.25, -0.2) is 0 Å². The van der Waals surface area contributed by atoms with Crippen molar-refractivity contribution in [3.8, 4) is 5.75 Å². The molecule has 1 aromatic rings. The normalized spacial score (nSPS) is 15.2. The first kappa shape index (κ1) is 12.2. The summed E-state index contributed by atoms with van der Waals surface area (Å²) in [5.41, 5.74) is 0.921. The molecular formula is C14H15ClO2. The minimum absolute atomic E-state index is 0.0969. The standard InChI is InChI=1S/C14H15ClO2/c15-12-6-8-13(9-7-12)17-10-14(16)11-4-2-1-3-5-11/h4,6-9H,1-3,5,10H2. The van der Waals surface area contributed by atoms with Gasteiger partial charge in [-0.05, 0) is 55.5 Å². The molecule has 1 aliphatic carbocycles. The van der Waals surface area contributed by atoms with E-state index in [-0.39, 0.29) is 12.4 Å². The van der Waals surface area contributed by atoms with Crippen LogP contribution in [0.25, 0.3) is 0 Å². The van der Waals surface area contributed by atoms with Crippen molar-refractivity contribution in [3.05, 3.63) is 40.9 Å². The summed E-state index contributed by atoms with van der Waals surface area (Å²) in [4.78, 5) is 11.8. The average Bonchev–Trinajstić information content (AvgIpc) is 2.39. The van der Waals surface area contributed by atoms with E-state index in [2.05, 4.69) is 0 Å². The highest BCUT2D eigenvalue weighted by molar-refractivity contribution is 6.30. The van der Waals surface area contributed by atoms with Gasteiger partial charge in [-0.3, -0.25) is 4.79 Å². The van der Waals surface area contributed by atoms with E-state index in [9.17, 15) is 4.79 Å². The van der Waals surface area contributed by atoms with Gasteiger partial charge >= 0.3 is 0 Å². The van der Waals surface area contributed by atoms with Crippen molar-refractivity contribution >= 4 is 17.4 Å². The lowest BCUT2D eigenvalue weighted by molar-refractivity contribution is -0.117. The Morgan fingerprint density at radius 1 is 1.24 bits per heavy atom. The van der Waals surface area contributed by atoms with Crippen molar-refractivity contribution in [1.29, 1.82) is 0 Å². The highest BCUT2D eigenvalue weighted by Crippen LogP contribution is 2.19. The molecular weight excluding hydrogens is 236 g/mol. The van der Waals surface area contributed by atoms with E-state index in [0.29, 0.717) is 10.8 Å². The van der Waals surface area contributed by atoms with E-state index in [1.54, 1.807) is 24.3 Å². The van der Waals surface area contributed by atoms with E-state index in [4.69, 9.17) is 16.3 Å². The molecule has 2 rings (SSSR count). The Labute approximate surface area is 106 Å². The molecule has 0 bridgehead atoms. The number of benzene rings is 1. The lowest BCUT2D eigenvalue weighted by Crippen LogP contribution is -2.15. The van der Waals surface area contributed by atoms with E-state index < -0.39 is 0 Å². The minimum Gasteiger partial charge on any atom is -0.485 e. The van der Waals surface area contributed by atoms with Gasteiger partial charge in [0.05, 0.1) is 0 Å². The first-order valence-electron chi connectivity index (χ1n) is 5.86. The molecule has 0 fully saturated rings. The molecule has 0 radical (unpaired) electrons. The Kier molecular flexibility index (Phi) is 4.21. The summed E-state index contributed by atoms with van der Waals surface area (Å²) in [7, 11) is 0. The molecule has 0 N–H and O–H groups in total. The number of allylic oxidation sites excluding steroid dienone is 1. The predicted molar refractivity (Wildman–Crippen MR) is 68.5 cm³/mol. The van der Waals surface area contributed by atoms with Gasteiger partial charge in [0.15, 0.2) is 12.4 Å². The molecule has 0 heterocycles. The lowest BCUT2D eigenvalue weighted by Gasteiger charge is -2.12. The van der Waals surface area contributed by atoms with Crippen molar-refractivity contribution in [2.75, 3.05) is 6.61 Å². The van der Waals surface area contributed by atoms with Gasteiger partial charge in [0.25, 0.3) is 0 Å². The summed E-state index contributed by atoms with van der Waals surface area (Å²) >= 11 is 5.76. The number of rotatable bonds is 4. The molecule has 0 atom stereocenters. The maximum atomic E-state index is 11.8. The zero-order valence-corrected chi connectivity index (χ0v) is 10.4. The average molecular weight is 251 g/mol. The smallest absolute Gasteiger partial charge is 0.195 e. The maximum Gasteiger partial charge on any atom is 0.195 e. The van der Waals surface area contributed by atoms with Crippen LogP contribution in [0.2, 0.25) is 5.02 Å². The van der Waals surface area contributed by atoms with Crippen LogP contribution < -0.4 is 4.74 Å². The molecule has 1 aliphatic rings. The van der Waals surface area contributed by atoms with E-state index in [1.807, 2.05) is 6.08 Å². The molecule has 0 amide bonds. The number of ketones is 1. The molecule has 0 saturated heterocycles. The number of carbonyl (C=O) groups is 1. The van der Waals surface area contributed by atoms with Crippen LogP contribution in [0.5, 0.6) is 5.75 Å². The molecule has 3 heteroatoms. The second-order valence-corrected chi connectivity index (χ2v) is 4.58. The Bertz CT molecular complexity index is 420. The third-order valence-electron chi connectivity index (χ3n) is 2.83. The molecule has 0 spiro atoms. The van der Waals surface area contributed by atoms with E-state index in [0.717, 1.165) is 24.8 Å². The lowest BCUT2D eigenvalue weighted by atomic mass is 9.97. The monoisotopic (exact) mass is 250 g/mol. The van der Waals surface area contributed by atoms with Crippen molar-refractivity contribution in [1.82, 2.24) is 0 Å². The summed E-state index contributed by atoms with van der Waals surface area (Å²) in [6.45, 7) is 0.119. The van der Waals surface area contributed by atoms with E-state index >= 15 is 0 Å². The van der Waals surface area contributed by atoms with Crippen LogP contribution in [-0.2, 0) is 4.79 Å².